The van der Waals surface area contributed by atoms with Gasteiger partial charge in [0.25, 0.3) is 0 Å². The molecule has 0 aliphatic carbocycles. The van der Waals surface area contributed by atoms with E-state index >= 15 is 0 Å². The van der Waals surface area contributed by atoms with E-state index in [1.54, 1.807) is 0 Å². The second-order valence-corrected chi connectivity index (χ2v) is 8.21. The van der Waals surface area contributed by atoms with Crippen LogP contribution < -0.4 is 10.0 Å². The Kier molecular flexibility index (Phi) is 3.75. The van der Waals surface area contributed by atoms with Crippen LogP contribution in [-0.4, -0.2) is 31.1 Å². The molecule has 6 nitrogen and oxygen atoms in total. The van der Waals surface area contributed by atoms with Crippen LogP contribution in [0.4, 0.5) is 5.13 Å². The van der Waals surface area contributed by atoms with Crippen LogP contribution in [0.5, 0.6) is 0 Å². The molecule has 2 heterocycles. The number of aryl methyl sites for hydroxylation is 1. The van der Waals surface area contributed by atoms with Gasteiger partial charge in [0.2, 0.25) is 15.9 Å². The second kappa shape index (κ2) is 5.45. The molecule has 0 spiro atoms. The van der Waals surface area contributed by atoms with Gasteiger partial charge in [0.1, 0.15) is 5.25 Å². The maximum atomic E-state index is 12.1. The summed E-state index contributed by atoms with van der Waals surface area (Å²) in [6.07, 6.45) is -0.0852. The number of hydrogen-bond acceptors (Lipinski definition) is 5. The number of aromatic nitrogens is 1. The Hall–Kier alpha value is -1.77. The van der Waals surface area contributed by atoms with E-state index in [0.717, 1.165) is 16.1 Å². The predicted octanol–water partition coefficient (Wildman–Crippen LogP) is 1.51. The van der Waals surface area contributed by atoms with Gasteiger partial charge < -0.3 is 0 Å². The summed E-state index contributed by atoms with van der Waals surface area (Å²) in [5.74, 6) is -0.257. The summed E-state index contributed by atoms with van der Waals surface area (Å²) < 4.78 is 22.9. The summed E-state index contributed by atoms with van der Waals surface area (Å²) in [5, 5.41) is 4.81. The van der Waals surface area contributed by atoms with Gasteiger partial charge in [-0.3, -0.25) is 9.69 Å². The normalized spacial score (nSPS) is 18.9. The average Bonchev–Trinajstić information content (AvgIpc) is 3.02. The van der Waals surface area contributed by atoms with Crippen molar-refractivity contribution in [2.24, 2.45) is 5.14 Å². The molecule has 3 rings (SSSR count). The number of sulfonamides is 1. The van der Waals surface area contributed by atoms with Crippen LogP contribution in [0.1, 0.15) is 11.3 Å². The maximum Gasteiger partial charge on any atom is 0.230 e. The molecule has 1 saturated heterocycles. The molecular weight excluding hydrogens is 322 g/mol. The van der Waals surface area contributed by atoms with E-state index in [0.29, 0.717) is 5.13 Å². The smallest absolute Gasteiger partial charge is 0.230 e. The fourth-order valence-electron chi connectivity index (χ4n) is 2.44. The first kappa shape index (κ1) is 15.1. The SMILES string of the molecule is Cc1sc(N2CC(S(N)(=O)=O)CC2=O)nc1-c1ccccc1. The van der Waals surface area contributed by atoms with Crippen molar-refractivity contribution >= 4 is 32.4 Å². The lowest BCUT2D eigenvalue weighted by Gasteiger charge is -2.11. The third-order valence-corrected chi connectivity index (χ3v) is 5.86. The highest BCUT2D eigenvalue weighted by Gasteiger charge is 2.38. The molecule has 1 aromatic carbocycles. The number of carbonyl (C=O) groups excluding carboxylic acids is 1. The molecule has 1 amide bonds. The van der Waals surface area contributed by atoms with Crippen molar-refractivity contribution in [3.63, 3.8) is 0 Å². The van der Waals surface area contributed by atoms with E-state index < -0.39 is 15.3 Å². The van der Waals surface area contributed by atoms with Gasteiger partial charge in [0.15, 0.2) is 5.13 Å². The second-order valence-electron chi connectivity index (χ2n) is 5.19. The van der Waals surface area contributed by atoms with E-state index in [-0.39, 0.29) is 18.9 Å². The van der Waals surface area contributed by atoms with E-state index in [4.69, 9.17) is 5.14 Å². The number of primary sulfonamides is 1. The molecule has 1 aromatic heterocycles. The molecule has 2 aromatic rings. The molecule has 1 atom stereocenters. The first-order chi connectivity index (χ1) is 10.4. The lowest BCUT2D eigenvalue weighted by atomic mass is 10.1. The molecular formula is C14H15N3O3S2. The zero-order chi connectivity index (χ0) is 15.9. The molecule has 22 heavy (non-hydrogen) atoms. The van der Waals surface area contributed by atoms with E-state index in [1.807, 2.05) is 37.3 Å². The van der Waals surface area contributed by atoms with Crippen LogP contribution in [0.15, 0.2) is 30.3 Å². The van der Waals surface area contributed by atoms with Gasteiger partial charge >= 0.3 is 0 Å². The molecule has 1 aliphatic heterocycles. The van der Waals surface area contributed by atoms with Gasteiger partial charge in [0, 0.05) is 23.4 Å². The Bertz CT molecular complexity index is 815. The minimum Gasteiger partial charge on any atom is -0.287 e. The van der Waals surface area contributed by atoms with E-state index in [9.17, 15) is 13.2 Å². The molecule has 8 heteroatoms. The summed E-state index contributed by atoms with van der Waals surface area (Å²) in [6, 6.07) is 9.67. The quantitative estimate of drug-likeness (QED) is 0.919. The highest BCUT2D eigenvalue weighted by atomic mass is 32.2. The first-order valence-electron chi connectivity index (χ1n) is 6.71. The Labute approximate surface area is 132 Å². The summed E-state index contributed by atoms with van der Waals surface area (Å²) in [6.45, 7) is 2.00. The highest BCUT2D eigenvalue weighted by Crippen LogP contribution is 2.34. The third-order valence-electron chi connectivity index (χ3n) is 3.62. The standard InChI is InChI=1S/C14H15N3O3S2/c1-9-13(10-5-3-2-4-6-10)16-14(21-9)17-8-11(7-12(17)18)22(15,19)20/h2-6,11H,7-8H2,1H3,(H2,15,19,20). The van der Waals surface area contributed by atoms with Crippen molar-refractivity contribution in [1.29, 1.82) is 0 Å². The number of carbonyl (C=O) groups is 1. The minimum atomic E-state index is -3.72. The summed E-state index contributed by atoms with van der Waals surface area (Å²) in [7, 11) is -3.72. The van der Waals surface area contributed by atoms with Crippen LogP contribution in [0.3, 0.4) is 0 Å². The van der Waals surface area contributed by atoms with Gasteiger partial charge in [-0.2, -0.15) is 0 Å². The Balaban J connectivity index is 1.93. The number of amides is 1. The molecule has 116 valence electrons. The van der Waals surface area contributed by atoms with Crippen molar-refractivity contribution in [3.8, 4) is 11.3 Å². The molecule has 0 saturated carbocycles. The molecule has 1 fully saturated rings. The zero-order valence-corrected chi connectivity index (χ0v) is 13.5. The van der Waals surface area contributed by atoms with Gasteiger partial charge in [-0.15, -0.1) is 11.3 Å². The monoisotopic (exact) mass is 337 g/mol. The number of thiazole rings is 1. The van der Waals surface area contributed by atoms with Gasteiger partial charge in [-0.05, 0) is 6.92 Å². The topological polar surface area (TPSA) is 93.4 Å². The number of hydrogen-bond donors (Lipinski definition) is 1. The van der Waals surface area contributed by atoms with Crippen molar-refractivity contribution in [3.05, 3.63) is 35.2 Å². The number of nitrogens with two attached hydrogens (primary N) is 1. The molecule has 2 N–H and O–H groups in total. The number of rotatable bonds is 3. The summed E-state index contributed by atoms with van der Waals surface area (Å²) >= 11 is 1.38. The van der Waals surface area contributed by atoms with Crippen LogP contribution >= 0.6 is 11.3 Å². The van der Waals surface area contributed by atoms with Gasteiger partial charge in [0.05, 0.1) is 5.69 Å². The van der Waals surface area contributed by atoms with E-state index in [1.165, 1.54) is 16.2 Å². The number of anilines is 1. The third kappa shape index (κ3) is 2.77. The van der Waals surface area contributed by atoms with E-state index in [2.05, 4.69) is 4.98 Å². The average molecular weight is 337 g/mol. The minimum absolute atomic E-state index is 0.0683. The van der Waals surface area contributed by atoms with Gasteiger partial charge in [-0.25, -0.2) is 18.5 Å². The summed E-state index contributed by atoms with van der Waals surface area (Å²) in [5.41, 5.74) is 1.78. The molecule has 1 aliphatic rings. The summed E-state index contributed by atoms with van der Waals surface area (Å²) in [4.78, 5) is 19.0. The fourth-order valence-corrected chi connectivity index (χ4v) is 4.13. The van der Waals surface area contributed by atoms with Gasteiger partial charge in [-0.1, -0.05) is 30.3 Å². The Morgan fingerprint density at radius 3 is 2.59 bits per heavy atom. The predicted molar refractivity (Wildman–Crippen MR) is 86.2 cm³/mol. The van der Waals surface area contributed by atoms with Crippen molar-refractivity contribution in [1.82, 2.24) is 4.98 Å². The first-order valence-corrected chi connectivity index (χ1v) is 9.13. The van der Waals surface area contributed by atoms with Crippen LogP contribution in [0, 0.1) is 6.92 Å². The zero-order valence-electron chi connectivity index (χ0n) is 11.9. The Morgan fingerprint density at radius 1 is 1.32 bits per heavy atom. The largest absolute Gasteiger partial charge is 0.287 e. The number of benzene rings is 1. The lowest BCUT2D eigenvalue weighted by Crippen LogP contribution is -2.32. The molecule has 0 radical (unpaired) electrons. The van der Waals surface area contributed by atoms with Crippen LogP contribution in [0.2, 0.25) is 0 Å². The molecule has 0 bridgehead atoms. The maximum absolute atomic E-state index is 12.1. The lowest BCUT2D eigenvalue weighted by molar-refractivity contribution is -0.117. The van der Waals surface area contributed by atoms with Crippen LogP contribution in [0.25, 0.3) is 11.3 Å². The number of nitrogens with zero attached hydrogens (tertiary/aromatic N) is 2. The Morgan fingerprint density at radius 2 is 2.00 bits per heavy atom. The fraction of sp³-hybridized carbons (Fsp3) is 0.286. The van der Waals surface area contributed by atoms with Crippen LogP contribution in [-0.2, 0) is 14.8 Å². The van der Waals surface area contributed by atoms with Crippen molar-refractivity contribution in [2.45, 2.75) is 18.6 Å². The van der Waals surface area contributed by atoms with Crippen molar-refractivity contribution in [2.75, 3.05) is 11.4 Å². The highest BCUT2D eigenvalue weighted by molar-refractivity contribution is 7.89. The molecule has 1 unspecified atom stereocenters. The van der Waals surface area contributed by atoms with Crippen molar-refractivity contribution < 1.29 is 13.2 Å².